The van der Waals surface area contributed by atoms with Crippen LogP contribution in [-0.4, -0.2) is 47.3 Å². The van der Waals surface area contributed by atoms with Crippen LogP contribution < -0.4 is 5.32 Å². The first-order valence-corrected chi connectivity index (χ1v) is 14.3. The molecule has 1 aromatic heterocycles. The number of likely N-dealkylation sites (tertiary alicyclic amines) is 1. The largest absolute Gasteiger partial charge is 0.361 e. The average Bonchev–Trinajstić information content (AvgIpc) is 3.64. The highest BCUT2D eigenvalue weighted by atomic mass is 19.1. The standard InChI is InChI=1S/C33H40FN3O2/c1-20(2)27(18-31(38)21(3)35-4)33(39)37-15-14-25-23(11-10-22-8-6-5-7-9-22)16-28(32(25)37)29-19-36-30-17-24(34)12-13-26(29)30/h5-9,11-13,17,19-21,25,27-28,32,35-36H,10,14-16,18H2,1-4H3. The van der Waals surface area contributed by atoms with Crippen molar-refractivity contribution in [3.05, 3.63) is 83.3 Å². The Morgan fingerprint density at radius 2 is 1.90 bits per heavy atom. The number of amides is 1. The normalized spacial score (nSPS) is 23.5. The molecule has 39 heavy (non-hydrogen) atoms. The van der Waals surface area contributed by atoms with Crippen molar-refractivity contribution in [2.45, 2.75) is 64.5 Å². The summed E-state index contributed by atoms with van der Waals surface area (Å²) in [6, 6.07) is 15.1. The van der Waals surface area contributed by atoms with Gasteiger partial charge in [-0.1, -0.05) is 55.8 Å². The topological polar surface area (TPSA) is 65.2 Å². The van der Waals surface area contributed by atoms with Gasteiger partial charge in [0.05, 0.1) is 6.04 Å². The number of Topliss-reactive ketones (excluding diaryl/α,β-unsaturated/α-hetero) is 1. The molecule has 1 aliphatic carbocycles. The number of hydrogen-bond acceptors (Lipinski definition) is 3. The minimum Gasteiger partial charge on any atom is -0.361 e. The smallest absolute Gasteiger partial charge is 0.226 e. The van der Waals surface area contributed by atoms with Crippen molar-refractivity contribution in [1.29, 1.82) is 0 Å². The van der Waals surface area contributed by atoms with Crippen LogP contribution in [0.25, 0.3) is 10.9 Å². The molecule has 2 aliphatic rings. The summed E-state index contributed by atoms with van der Waals surface area (Å²) < 4.78 is 14.0. The SMILES string of the molecule is CNC(C)C(=O)CC(C(=O)N1CCC2C(=CCc3ccccc3)CC(c3c[nH]c4cc(F)ccc34)C21)C(C)C. The van der Waals surface area contributed by atoms with Gasteiger partial charge in [0.25, 0.3) is 0 Å². The van der Waals surface area contributed by atoms with Crippen LogP contribution in [0.2, 0.25) is 0 Å². The Morgan fingerprint density at radius 1 is 1.13 bits per heavy atom. The molecule has 1 amide bonds. The van der Waals surface area contributed by atoms with E-state index in [4.69, 9.17) is 0 Å². The third-order valence-corrected chi connectivity index (χ3v) is 9.06. The van der Waals surface area contributed by atoms with Gasteiger partial charge in [0.15, 0.2) is 0 Å². The van der Waals surface area contributed by atoms with E-state index in [2.05, 4.69) is 45.5 Å². The Kier molecular flexibility index (Phi) is 8.03. The number of likely N-dealkylation sites (N-methyl/N-ethyl adjacent to an activating group) is 1. The lowest BCUT2D eigenvalue weighted by molar-refractivity contribution is -0.141. The molecule has 206 valence electrons. The number of ketones is 1. The van der Waals surface area contributed by atoms with E-state index in [1.165, 1.54) is 17.2 Å². The summed E-state index contributed by atoms with van der Waals surface area (Å²) >= 11 is 0. The van der Waals surface area contributed by atoms with Gasteiger partial charge in [-0.05, 0) is 68.5 Å². The fourth-order valence-electron chi connectivity index (χ4n) is 6.70. The number of benzene rings is 2. The maximum Gasteiger partial charge on any atom is 0.226 e. The number of carbonyl (C=O) groups excluding carboxylic acids is 2. The maximum absolute atomic E-state index is 14.2. The van der Waals surface area contributed by atoms with Crippen molar-refractivity contribution in [3.8, 4) is 0 Å². The molecule has 5 atom stereocenters. The highest BCUT2D eigenvalue weighted by molar-refractivity contribution is 5.90. The Labute approximate surface area is 230 Å². The molecule has 2 N–H and O–H groups in total. The number of aromatic nitrogens is 1. The van der Waals surface area contributed by atoms with Crippen molar-refractivity contribution in [2.75, 3.05) is 13.6 Å². The number of H-pyrrole nitrogens is 1. The first-order chi connectivity index (χ1) is 18.8. The average molecular weight is 530 g/mol. The van der Waals surface area contributed by atoms with E-state index in [1.807, 2.05) is 39.1 Å². The van der Waals surface area contributed by atoms with Gasteiger partial charge in [-0.25, -0.2) is 4.39 Å². The second kappa shape index (κ2) is 11.5. The van der Waals surface area contributed by atoms with Gasteiger partial charge in [-0.2, -0.15) is 0 Å². The van der Waals surface area contributed by atoms with Crippen LogP contribution in [0.1, 0.15) is 57.1 Å². The number of aromatic amines is 1. The van der Waals surface area contributed by atoms with E-state index in [1.54, 1.807) is 13.1 Å². The predicted octanol–water partition coefficient (Wildman–Crippen LogP) is 6.02. The third-order valence-electron chi connectivity index (χ3n) is 9.06. The molecule has 5 nitrogen and oxygen atoms in total. The molecule has 6 heteroatoms. The fraction of sp³-hybridized carbons (Fsp3) is 0.455. The van der Waals surface area contributed by atoms with Crippen LogP contribution in [0.3, 0.4) is 0 Å². The maximum atomic E-state index is 14.2. The number of nitrogens with zero attached hydrogens (tertiary/aromatic N) is 1. The van der Waals surface area contributed by atoms with E-state index < -0.39 is 0 Å². The van der Waals surface area contributed by atoms with E-state index in [-0.39, 0.29) is 59.7 Å². The van der Waals surface area contributed by atoms with Crippen LogP contribution in [0.4, 0.5) is 4.39 Å². The van der Waals surface area contributed by atoms with Crippen LogP contribution in [0, 0.1) is 23.6 Å². The number of nitrogens with one attached hydrogen (secondary N) is 2. The second-order valence-corrected chi connectivity index (χ2v) is 11.7. The zero-order valence-electron chi connectivity index (χ0n) is 23.4. The first-order valence-electron chi connectivity index (χ1n) is 14.3. The highest BCUT2D eigenvalue weighted by Gasteiger charge is 2.50. The number of fused-ring (bicyclic) bond motifs is 2. The van der Waals surface area contributed by atoms with Crippen LogP contribution in [0.15, 0.2) is 66.4 Å². The van der Waals surface area contributed by atoms with E-state index in [0.717, 1.165) is 35.7 Å². The summed E-state index contributed by atoms with van der Waals surface area (Å²) in [4.78, 5) is 32.4. The lowest BCUT2D eigenvalue weighted by Gasteiger charge is -2.33. The number of hydrogen-bond donors (Lipinski definition) is 2. The van der Waals surface area contributed by atoms with Crippen LogP contribution in [-0.2, 0) is 16.0 Å². The summed E-state index contributed by atoms with van der Waals surface area (Å²) in [7, 11) is 1.78. The first kappa shape index (κ1) is 27.3. The fourth-order valence-corrected chi connectivity index (χ4v) is 6.70. The van der Waals surface area contributed by atoms with E-state index in [0.29, 0.717) is 6.54 Å². The van der Waals surface area contributed by atoms with Crippen molar-refractivity contribution in [2.24, 2.45) is 17.8 Å². The van der Waals surface area contributed by atoms with Gasteiger partial charge < -0.3 is 15.2 Å². The summed E-state index contributed by atoms with van der Waals surface area (Å²) in [5.74, 6) is 0.0205. The number of rotatable bonds is 9. The summed E-state index contributed by atoms with van der Waals surface area (Å²) in [5.41, 5.74) is 4.60. The molecule has 3 aromatic rings. The minimum absolute atomic E-state index is 0.0293. The molecule has 1 aliphatic heterocycles. The summed E-state index contributed by atoms with van der Waals surface area (Å²) in [6.07, 6.45) is 7.29. The highest BCUT2D eigenvalue weighted by Crippen LogP contribution is 2.51. The molecule has 2 aromatic carbocycles. The second-order valence-electron chi connectivity index (χ2n) is 11.7. The Hall–Kier alpha value is -3.25. The molecule has 2 fully saturated rings. The van der Waals surface area contributed by atoms with Crippen LogP contribution >= 0.6 is 0 Å². The van der Waals surface area contributed by atoms with E-state index >= 15 is 0 Å². The number of halogens is 1. The van der Waals surface area contributed by atoms with Crippen molar-refractivity contribution in [1.82, 2.24) is 15.2 Å². The Balaban J connectivity index is 1.49. The lowest BCUT2D eigenvalue weighted by atomic mass is 9.86. The zero-order valence-corrected chi connectivity index (χ0v) is 23.4. The van der Waals surface area contributed by atoms with Gasteiger partial charge in [0, 0.05) is 53.9 Å². The van der Waals surface area contributed by atoms with Gasteiger partial charge in [0.2, 0.25) is 5.91 Å². The molecule has 0 bridgehead atoms. The molecule has 0 spiro atoms. The minimum atomic E-state index is -0.345. The molecule has 0 radical (unpaired) electrons. The molecule has 1 saturated heterocycles. The monoisotopic (exact) mass is 529 g/mol. The molecular formula is C33H40FN3O2. The van der Waals surface area contributed by atoms with Crippen molar-refractivity contribution < 1.29 is 14.0 Å². The Bertz CT molecular complexity index is 1360. The van der Waals surface area contributed by atoms with E-state index in [9.17, 15) is 14.0 Å². The molecule has 5 rings (SSSR count). The number of carbonyl (C=O) groups is 2. The third kappa shape index (κ3) is 5.44. The predicted molar refractivity (Wildman–Crippen MR) is 154 cm³/mol. The number of allylic oxidation sites excluding steroid dienone is 1. The quantitative estimate of drug-likeness (QED) is 0.333. The Morgan fingerprint density at radius 3 is 2.62 bits per heavy atom. The van der Waals surface area contributed by atoms with Crippen molar-refractivity contribution in [3.63, 3.8) is 0 Å². The van der Waals surface area contributed by atoms with Gasteiger partial charge >= 0.3 is 0 Å². The van der Waals surface area contributed by atoms with Crippen LogP contribution in [0.5, 0.6) is 0 Å². The molecule has 1 saturated carbocycles. The summed E-state index contributed by atoms with van der Waals surface area (Å²) in [6.45, 7) is 6.63. The van der Waals surface area contributed by atoms with Gasteiger partial charge in [-0.15, -0.1) is 0 Å². The lowest BCUT2D eigenvalue weighted by Crippen LogP contribution is -2.45. The molecular weight excluding hydrogens is 489 g/mol. The van der Waals surface area contributed by atoms with Gasteiger partial charge in [-0.3, -0.25) is 9.59 Å². The molecule has 5 unspecified atom stereocenters. The molecule has 2 heterocycles. The van der Waals surface area contributed by atoms with Crippen molar-refractivity contribution >= 4 is 22.6 Å². The zero-order chi connectivity index (χ0) is 27.7. The summed E-state index contributed by atoms with van der Waals surface area (Å²) in [5, 5.41) is 4.04. The van der Waals surface area contributed by atoms with Gasteiger partial charge in [0.1, 0.15) is 11.6 Å².